The largest absolute Gasteiger partial charge is 0.463 e. The summed E-state index contributed by atoms with van der Waals surface area (Å²) in [5, 5.41) is 0. The molecule has 0 bridgehead atoms. The van der Waals surface area contributed by atoms with Crippen molar-refractivity contribution in [2.45, 2.75) is 57.7 Å². The van der Waals surface area contributed by atoms with Gasteiger partial charge in [-0.2, -0.15) is 0 Å². The molecule has 0 aromatic carbocycles. The maximum Gasteiger partial charge on any atom is 0.338 e. The highest BCUT2D eigenvalue weighted by Crippen LogP contribution is 2.10. The number of esters is 2. The Labute approximate surface area is 182 Å². The lowest BCUT2D eigenvalue weighted by atomic mass is 10.3. The molecule has 2 fully saturated rings. The van der Waals surface area contributed by atoms with Gasteiger partial charge in [0.15, 0.2) is 0 Å². The fourth-order valence-corrected chi connectivity index (χ4v) is 2.91. The van der Waals surface area contributed by atoms with E-state index in [9.17, 15) is 24.0 Å². The van der Waals surface area contributed by atoms with E-state index >= 15 is 0 Å². The second-order valence-corrected chi connectivity index (χ2v) is 7.48. The van der Waals surface area contributed by atoms with Crippen LogP contribution in [-0.2, 0) is 53.1 Å². The van der Waals surface area contributed by atoms with E-state index in [1.165, 1.54) is 7.11 Å². The van der Waals surface area contributed by atoms with Crippen LogP contribution in [-0.4, -0.2) is 71.4 Å². The van der Waals surface area contributed by atoms with Crippen LogP contribution in [0.5, 0.6) is 0 Å². The summed E-state index contributed by atoms with van der Waals surface area (Å²) in [4.78, 5) is 61.5. The molecule has 0 N–H and O–H groups in total. The quantitative estimate of drug-likeness (QED) is 0.231. The minimum atomic E-state index is -0.832. The third-order valence-electron chi connectivity index (χ3n) is 4.83. The molecule has 2 atom stereocenters. The molecule has 3 heterocycles. The van der Waals surface area contributed by atoms with Gasteiger partial charge in [-0.25, -0.2) is 28.1 Å². The number of rotatable bonds is 14. The fraction of sp³-hybridized carbons (Fsp3) is 0.737. The molecule has 0 saturated carbocycles. The Balaban J connectivity index is 1.62. The van der Waals surface area contributed by atoms with Gasteiger partial charge < -0.3 is 23.7 Å². The van der Waals surface area contributed by atoms with Gasteiger partial charge in [-0.05, 0) is 12.8 Å². The van der Waals surface area contributed by atoms with E-state index in [1.54, 1.807) is 0 Å². The standard InChI is InChI=1S/C19H27N3O10/c1-28-12-22-18(26)20(6-2-4-15(23)31-10-13-8-29-13)17(25)21(19(22)27)7-3-5-16(24)32-11-14-9-30-14/h13-14H,2-12H2,1H3. The van der Waals surface area contributed by atoms with Crippen LogP contribution in [0.15, 0.2) is 14.4 Å². The molecule has 2 saturated heterocycles. The zero-order chi connectivity index (χ0) is 23.1. The van der Waals surface area contributed by atoms with Crippen molar-refractivity contribution in [2.75, 3.05) is 33.5 Å². The van der Waals surface area contributed by atoms with E-state index in [-0.39, 0.29) is 70.9 Å². The summed E-state index contributed by atoms with van der Waals surface area (Å²) < 4.78 is 27.4. The zero-order valence-corrected chi connectivity index (χ0v) is 17.9. The summed E-state index contributed by atoms with van der Waals surface area (Å²) >= 11 is 0. The molecular weight excluding hydrogens is 430 g/mol. The van der Waals surface area contributed by atoms with E-state index in [0.29, 0.717) is 13.2 Å². The highest BCUT2D eigenvalue weighted by molar-refractivity contribution is 5.69. The van der Waals surface area contributed by atoms with E-state index in [0.717, 1.165) is 13.7 Å². The molecule has 1 aromatic heterocycles. The Morgan fingerprint density at radius 2 is 1.22 bits per heavy atom. The Kier molecular flexibility index (Phi) is 8.36. The molecule has 0 aliphatic carbocycles. The van der Waals surface area contributed by atoms with Gasteiger partial charge in [-0.15, -0.1) is 0 Å². The molecule has 1 aromatic rings. The first-order valence-electron chi connectivity index (χ1n) is 10.4. The van der Waals surface area contributed by atoms with Crippen molar-refractivity contribution in [2.24, 2.45) is 0 Å². The Hall–Kier alpha value is -2.77. The van der Waals surface area contributed by atoms with Crippen molar-refractivity contribution < 1.29 is 33.3 Å². The van der Waals surface area contributed by atoms with Crippen molar-refractivity contribution >= 4 is 11.9 Å². The highest BCUT2D eigenvalue weighted by atomic mass is 16.6. The lowest BCUT2D eigenvalue weighted by molar-refractivity contribution is -0.145. The van der Waals surface area contributed by atoms with Crippen molar-refractivity contribution in [3.8, 4) is 0 Å². The third-order valence-corrected chi connectivity index (χ3v) is 4.83. The van der Waals surface area contributed by atoms with Crippen molar-refractivity contribution in [1.82, 2.24) is 13.7 Å². The normalized spacial score (nSPS) is 18.9. The summed E-state index contributed by atoms with van der Waals surface area (Å²) in [6.07, 6.45) is 0.230. The number of carbonyl (C=O) groups is 2. The average molecular weight is 457 g/mol. The highest BCUT2D eigenvalue weighted by Gasteiger charge is 2.25. The van der Waals surface area contributed by atoms with Gasteiger partial charge >= 0.3 is 29.0 Å². The molecule has 2 aliphatic rings. The lowest BCUT2D eigenvalue weighted by Gasteiger charge is -2.13. The van der Waals surface area contributed by atoms with Crippen LogP contribution in [0, 0.1) is 0 Å². The van der Waals surface area contributed by atoms with Crippen molar-refractivity contribution in [1.29, 1.82) is 0 Å². The van der Waals surface area contributed by atoms with Gasteiger partial charge in [0.1, 0.15) is 32.2 Å². The van der Waals surface area contributed by atoms with Crippen LogP contribution in [0.2, 0.25) is 0 Å². The predicted octanol–water partition coefficient (Wildman–Crippen LogP) is -1.78. The van der Waals surface area contributed by atoms with Gasteiger partial charge in [-0.3, -0.25) is 9.59 Å². The minimum absolute atomic E-state index is 0.00144. The number of hydrogen-bond acceptors (Lipinski definition) is 10. The Morgan fingerprint density at radius 3 is 1.59 bits per heavy atom. The molecule has 0 spiro atoms. The second-order valence-electron chi connectivity index (χ2n) is 7.48. The molecule has 13 heteroatoms. The minimum Gasteiger partial charge on any atom is -0.463 e. The number of ether oxygens (including phenoxy) is 5. The molecule has 13 nitrogen and oxygen atoms in total. The van der Waals surface area contributed by atoms with Gasteiger partial charge in [-0.1, -0.05) is 0 Å². The van der Waals surface area contributed by atoms with Crippen molar-refractivity contribution in [3.63, 3.8) is 0 Å². The molecule has 3 rings (SSSR count). The number of hydrogen-bond donors (Lipinski definition) is 0. The number of carbonyl (C=O) groups excluding carboxylic acids is 2. The SMILES string of the molecule is COCn1c(=O)n(CCCC(=O)OCC2CO2)c(=O)n(CCCC(=O)OCC2CO2)c1=O. The Bertz CT molecular complexity index is 914. The molecular formula is C19H27N3O10. The summed E-state index contributed by atoms with van der Waals surface area (Å²) in [5.41, 5.74) is -2.48. The number of aromatic nitrogens is 3. The second kappa shape index (κ2) is 11.2. The van der Waals surface area contributed by atoms with Gasteiger partial charge in [0, 0.05) is 33.0 Å². The zero-order valence-electron chi connectivity index (χ0n) is 17.9. The first-order valence-corrected chi connectivity index (χ1v) is 10.4. The monoisotopic (exact) mass is 457 g/mol. The van der Waals surface area contributed by atoms with Crippen LogP contribution >= 0.6 is 0 Å². The van der Waals surface area contributed by atoms with Gasteiger partial charge in [0.25, 0.3) is 0 Å². The maximum absolute atomic E-state index is 12.8. The first-order chi connectivity index (χ1) is 15.4. The molecule has 0 amide bonds. The van der Waals surface area contributed by atoms with Crippen molar-refractivity contribution in [3.05, 3.63) is 31.5 Å². The van der Waals surface area contributed by atoms with E-state index in [1.807, 2.05) is 0 Å². The molecule has 2 aliphatic heterocycles. The summed E-state index contributed by atoms with van der Waals surface area (Å²) in [7, 11) is 1.31. The van der Waals surface area contributed by atoms with Gasteiger partial charge in [0.2, 0.25) is 0 Å². The van der Waals surface area contributed by atoms with E-state index < -0.39 is 29.0 Å². The van der Waals surface area contributed by atoms with Crippen LogP contribution in [0.3, 0.4) is 0 Å². The summed E-state index contributed by atoms with van der Waals surface area (Å²) in [6, 6.07) is 0. The third kappa shape index (κ3) is 6.87. The predicted molar refractivity (Wildman–Crippen MR) is 106 cm³/mol. The fourth-order valence-electron chi connectivity index (χ4n) is 2.91. The molecule has 32 heavy (non-hydrogen) atoms. The lowest BCUT2D eigenvalue weighted by Crippen LogP contribution is -2.54. The number of methoxy groups -OCH3 is 1. The van der Waals surface area contributed by atoms with Crippen LogP contribution in [0.1, 0.15) is 25.7 Å². The number of epoxide rings is 2. The van der Waals surface area contributed by atoms with Crippen LogP contribution < -0.4 is 17.1 Å². The summed E-state index contributed by atoms with van der Waals surface area (Å²) in [5.74, 6) is -0.927. The Morgan fingerprint density at radius 1 is 0.812 bits per heavy atom. The van der Waals surface area contributed by atoms with Crippen LogP contribution in [0.25, 0.3) is 0 Å². The summed E-state index contributed by atoms with van der Waals surface area (Å²) in [6.45, 7) is 0.984. The van der Waals surface area contributed by atoms with E-state index in [2.05, 4.69) is 0 Å². The first kappa shape index (κ1) is 23.9. The smallest absolute Gasteiger partial charge is 0.338 e. The van der Waals surface area contributed by atoms with Crippen LogP contribution in [0.4, 0.5) is 0 Å². The van der Waals surface area contributed by atoms with Gasteiger partial charge in [0.05, 0.1) is 13.2 Å². The average Bonchev–Trinajstić information content (AvgIpc) is 3.68. The molecule has 2 unspecified atom stereocenters. The molecule has 0 radical (unpaired) electrons. The molecule has 178 valence electrons. The topological polar surface area (TPSA) is 153 Å². The van der Waals surface area contributed by atoms with E-state index in [4.69, 9.17) is 23.7 Å². The number of nitrogens with zero attached hydrogens (tertiary/aromatic N) is 3. The maximum atomic E-state index is 12.8.